The number of aryl methyl sites for hydroxylation is 2. The Balaban J connectivity index is 1.32. The van der Waals surface area contributed by atoms with Crippen molar-refractivity contribution in [2.45, 2.75) is 31.4 Å². The molecule has 0 saturated carbocycles. The van der Waals surface area contributed by atoms with Crippen molar-refractivity contribution in [1.82, 2.24) is 20.3 Å². The van der Waals surface area contributed by atoms with Gasteiger partial charge >= 0.3 is 0 Å². The smallest absolute Gasteiger partial charge is 0.277 e. The van der Waals surface area contributed by atoms with Crippen molar-refractivity contribution < 1.29 is 13.7 Å². The Hall–Kier alpha value is -3.13. The van der Waals surface area contributed by atoms with Crippen LogP contribution in [0.1, 0.15) is 22.8 Å². The molecule has 7 nitrogen and oxygen atoms in total. The molecule has 0 unspecified atom stereocenters. The lowest BCUT2D eigenvalue weighted by atomic mass is 10.1. The molecule has 28 heavy (non-hydrogen) atoms. The monoisotopic (exact) mass is 394 g/mol. The standard InChI is InChI=1S/C20H18N4O3S/c1-13-5-3-7-15(9-13)19-21-17(24-27-19)12-28-20-23-22-18(26-20)11-25-16-8-4-6-14(2)10-16/h3-10H,11-12H2,1-2H3. The van der Waals surface area contributed by atoms with Crippen LogP contribution >= 0.6 is 11.8 Å². The van der Waals surface area contributed by atoms with E-state index >= 15 is 0 Å². The maximum atomic E-state index is 5.67. The lowest BCUT2D eigenvalue weighted by molar-refractivity contribution is 0.252. The molecular weight excluding hydrogens is 376 g/mol. The topological polar surface area (TPSA) is 87.1 Å². The van der Waals surface area contributed by atoms with Crippen LogP contribution in [0.4, 0.5) is 0 Å². The molecule has 2 aromatic heterocycles. The molecular formula is C20H18N4O3S. The van der Waals surface area contributed by atoms with Crippen LogP contribution < -0.4 is 4.74 Å². The number of thioether (sulfide) groups is 1. The van der Waals surface area contributed by atoms with Gasteiger partial charge in [-0.3, -0.25) is 0 Å². The largest absolute Gasteiger partial charge is 0.484 e. The summed E-state index contributed by atoms with van der Waals surface area (Å²) in [5.74, 6) is 2.71. The molecule has 142 valence electrons. The summed E-state index contributed by atoms with van der Waals surface area (Å²) >= 11 is 1.35. The van der Waals surface area contributed by atoms with E-state index in [1.807, 2.05) is 62.4 Å². The molecule has 0 saturated heterocycles. The maximum absolute atomic E-state index is 5.67. The van der Waals surface area contributed by atoms with Gasteiger partial charge < -0.3 is 13.7 Å². The fourth-order valence-corrected chi connectivity index (χ4v) is 3.16. The molecule has 0 amide bonds. The summed E-state index contributed by atoms with van der Waals surface area (Å²) in [5, 5.41) is 12.5. The van der Waals surface area contributed by atoms with Gasteiger partial charge in [0.15, 0.2) is 12.4 Å². The third kappa shape index (κ3) is 4.58. The Morgan fingerprint density at radius 3 is 2.64 bits per heavy atom. The highest BCUT2D eigenvalue weighted by Crippen LogP contribution is 2.23. The fourth-order valence-electron chi connectivity index (χ4n) is 2.54. The molecule has 2 aromatic carbocycles. The Bertz CT molecular complexity index is 1080. The predicted molar refractivity (Wildman–Crippen MR) is 104 cm³/mol. The quantitative estimate of drug-likeness (QED) is 0.420. The first-order valence-electron chi connectivity index (χ1n) is 8.70. The van der Waals surface area contributed by atoms with Gasteiger partial charge in [0.1, 0.15) is 5.75 Å². The Labute approximate surface area is 166 Å². The molecule has 0 radical (unpaired) electrons. The molecule has 0 N–H and O–H groups in total. The first-order chi connectivity index (χ1) is 13.7. The van der Waals surface area contributed by atoms with E-state index in [0.717, 1.165) is 22.4 Å². The molecule has 0 aliphatic carbocycles. The summed E-state index contributed by atoms with van der Waals surface area (Å²) in [5.41, 5.74) is 3.17. The molecule has 4 aromatic rings. The van der Waals surface area contributed by atoms with Gasteiger partial charge in [0.2, 0.25) is 0 Å². The van der Waals surface area contributed by atoms with Crippen molar-refractivity contribution in [2.24, 2.45) is 0 Å². The van der Waals surface area contributed by atoms with Crippen molar-refractivity contribution in [2.75, 3.05) is 0 Å². The number of hydrogen-bond donors (Lipinski definition) is 0. The summed E-state index contributed by atoms with van der Waals surface area (Å²) < 4.78 is 16.6. The van der Waals surface area contributed by atoms with Crippen molar-refractivity contribution in [3.8, 4) is 17.2 Å². The molecule has 0 spiro atoms. The van der Waals surface area contributed by atoms with Gasteiger partial charge in [0.25, 0.3) is 17.0 Å². The van der Waals surface area contributed by atoms with E-state index in [0.29, 0.717) is 28.6 Å². The summed E-state index contributed by atoms with van der Waals surface area (Å²) in [4.78, 5) is 4.41. The van der Waals surface area contributed by atoms with Gasteiger partial charge in [-0.05, 0) is 43.7 Å². The molecule has 8 heteroatoms. The molecule has 0 bridgehead atoms. The summed E-state index contributed by atoms with van der Waals surface area (Å²) in [6.45, 7) is 4.25. The molecule has 0 aliphatic rings. The van der Waals surface area contributed by atoms with Crippen LogP contribution in [0.25, 0.3) is 11.5 Å². The third-order valence-corrected chi connectivity index (χ3v) is 4.67. The van der Waals surface area contributed by atoms with Crippen molar-refractivity contribution in [3.63, 3.8) is 0 Å². The summed E-state index contributed by atoms with van der Waals surface area (Å²) in [6, 6.07) is 15.7. The van der Waals surface area contributed by atoms with Gasteiger partial charge in [-0.1, -0.05) is 46.7 Å². The van der Waals surface area contributed by atoms with Crippen LogP contribution in [-0.2, 0) is 12.4 Å². The van der Waals surface area contributed by atoms with Gasteiger partial charge in [-0.2, -0.15) is 4.98 Å². The Morgan fingerprint density at radius 2 is 1.82 bits per heavy atom. The molecule has 0 atom stereocenters. The second-order valence-corrected chi connectivity index (χ2v) is 7.17. The third-order valence-electron chi connectivity index (χ3n) is 3.86. The van der Waals surface area contributed by atoms with E-state index in [1.54, 1.807) is 0 Å². The van der Waals surface area contributed by atoms with Gasteiger partial charge in [0.05, 0.1) is 5.75 Å². The number of hydrogen-bond acceptors (Lipinski definition) is 8. The zero-order valence-electron chi connectivity index (χ0n) is 15.5. The number of rotatable bonds is 7. The minimum Gasteiger partial charge on any atom is -0.484 e. The minimum absolute atomic E-state index is 0.219. The zero-order chi connectivity index (χ0) is 19.3. The molecule has 4 rings (SSSR count). The SMILES string of the molecule is Cc1cccc(OCc2nnc(SCc3noc(-c4cccc(C)c4)n3)o2)c1. The Kier molecular flexibility index (Phi) is 5.38. The highest BCUT2D eigenvalue weighted by molar-refractivity contribution is 7.98. The van der Waals surface area contributed by atoms with Crippen molar-refractivity contribution in [3.05, 3.63) is 71.4 Å². The first kappa shape index (κ1) is 18.2. The highest BCUT2D eigenvalue weighted by Gasteiger charge is 2.12. The van der Waals surface area contributed by atoms with Crippen LogP contribution in [0.15, 0.2) is 62.7 Å². The van der Waals surface area contributed by atoms with Gasteiger partial charge in [-0.15, -0.1) is 10.2 Å². The maximum Gasteiger partial charge on any atom is 0.277 e. The van der Waals surface area contributed by atoms with Gasteiger partial charge in [0, 0.05) is 5.56 Å². The average Bonchev–Trinajstić information content (AvgIpc) is 3.34. The Morgan fingerprint density at radius 1 is 1.00 bits per heavy atom. The van der Waals surface area contributed by atoms with Crippen LogP contribution in [0.2, 0.25) is 0 Å². The second-order valence-electron chi connectivity index (χ2n) is 6.24. The number of ether oxygens (including phenoxy) is 1. The molecule has 0 aliphatic heterocycles. The van der Waals surface area contributed by atoms with E-state index in [-0.39, 0.29) is 6.61 Å². The second kappa shape index (κ2) is 8.26. The number of benzene rings is 2. The van der Waals surface area contributed by atoms with Crippen LogP contribution in [-0.4, -0.2) is 20.3 Å². The average molecular weight is 394 g/mol. The van der Waals surface area contributed by atoms with E-state index in [1.165, 1.54) is 11.8 Å². The van der Waals surface area contributed by atoms with Crippen LogP contribution in [0.3, 0.4) is 0 Å². The van der Waals surface area contributed by atoms with E-state index < -0.39 is 0 Å². The summed E-state index contributed by atoms with van der Waals surface area (Å²) in [7, 11) is 0. The lowest BCUT2D eigenvalue weighted by Gasteiger charge is -2.03. The van der Waals surface area contributed by atoms with Crippen LogP contribution in [0.5, 0.6) is 5.75 Å². The van der Waals surface area contributed by atoms with E-state index in [4.69, 9.17) is 13.7 Å². The van der Waals surface area contributed by atoms with Gasteiger partial charge in [-0.25, -0.2) is 0 Å². The minimum atomic E-state index is 0.219. The highest BCUT2D eigenvalue weighted by atomic mass is 32.2. The first-order valence-corrected chi connectivity index (χ1v) is 9.68. The van der Waals surface area contributed by atoms with E-state index in [2.05, 4.69) is 20.3 Å². The van der Waals surface area contributed by atoms with Crippen molar-refractivity contribution in [1.29, 1.82) is 0 Å². The van der Waals surface area contributed by atoms with Crippen molar-refractivity contribution >= 4 is 11.8 Å². The predicted octanol–water partition coefficient (Wildman–Crippen LogP) is 4.61. The number of aromatic nitrogens is 4. The lowest BCUT2D eigenvalue weighted by Crippen LogP contribution is -1.95. The van der Waals surface area contributed by atoms with Crippen LogP contribution in [0, 0.1) is 13.8 Å². The number of nitrogens with zero attached hydrogens (tertiary/aromatic N) is 4. The zero-order valence-corrected chi connectivity index (χ0v) is 16.3. The summed E-state index contributed by atoms with van der Waals surface area (Å²) in [6.07, 6.45) is 0. The fraction of sp³-hybridized carbons (Fsp3) is 0.200. The van der Waals surface area contributed by atoms with E-state index in [9.17, 15) is 0 Å². The molecule has 0 fully saturated rings. The normalized spacial score (nSPS) is 10.9. The molecule has 2 heterocycles.